The molecule has 5 rings (SSSR count). The van der Waals surface area contributed by atoms with Crippen LogP contribution in [0.4, 0.5) is 17.1 Å². The molecule has 30 heavy (non-hydrogen) atoms. The molecule has 0 aliphatic rings. The molecule has 0 heterocycles. The number of hydrogen-bond donors (Lipinski definition) is 0. The molecular formula is C28H20BrN. The first kappa shape index (κ1) is 18.7. The minimum absolute atomic E-state index is 1.12. The topological polar surface area (TPSA) is 3.24 Å². The molecule has 0 aliphatic heterocycles. The maximum Gasteiger partial charge on any atom is 0.0462 e. The Kier molecular flexibility index (Phi) is 5.08. The zero-order valence-electron chi connectivity index (χ0n) is 16.4. The Morgan fingerprint density at radius 2 is 1.00 bits per heavy atom. The SMILES string of the molecule is Brc1cccc2cccc(-c3ccc(N(c4ccccc4)c4ccccc4)cc3)c12. The van der Waals surface area contributed by atoms with Gasteiger partial charge in [-0.25, -0.2) is 0 Å². The van der Waals surface area contributed by atoms with Gasteiger partial charge < -0.3 is 4.90 Å². The summed E-state index contributed by atoms with van der Waals surface area (Å²) in [5, 5.41) is 2.48. The van der Waals surface area contributed by atoms with Gasteiger partial charge in [0.2, 0.25) is 0 Å². The van der Waals surface area contributed by atoms with Crippen LogP contribution in [0.5, 0.6) is 0 Å². The predicted molar refractivity (Wildman–Crippen MR) is 132 cm³/mol. The second kappa shape index (κ2) is 8.17. The van der Waals surface area contributed by atoms with E-state index in [0.29, 0.717) is 0 Å². The van der Waals surface area contributed by atoms with Crippen LogP contribution in [-0.4, -0.2) is 0 Å². The lowest BCUT2D eigenvalue weighted by Crippen LogP contribution is -2.09. The zero-order chi connectivity index (χ0) is 20.3. The first-order valence-electron chi connectivity index (χ1n) is 9.99. The number of hydrogen-bond acceptors (Lipinski definition) is 1. The van der Waals surface area contributed by atoms with E-state index < -0.39 is 0 Å². The molecule has 2 heteroatoms. The molecule has 0 saturated heterocycles. The van der Waals surface area contributed by atoms with Crippen molar-refractivity contribution >= 4 is 43.8 Å². The first-order valence-corrected chi connectivity index (χ1v) is 10.8. The van der Waals surface area contributed by atoms with Gasteiger partial charge in [0.05, 0.1) is 0 Å². The summed E-state index contributed by atoms with van der Waals surface area (Å²) in [6.07, 6.45) is 0. The van der Waals surface area contributed by atoms with Crippen LogP contribution < -0.4 is 4.90 Å². The Labute approximate surface area is 185 Å². The summed E-state index contributed by atoms with van der Waals surface area (Å²) in [5.41, 5.74) is 5.86. The lowest BCUT2D eigenvalue weighted by Gasteiger charge is -2.25. The molecule has 0 radical (unpaired) electrons. The third-order valence-corrected chi connectivity index (χ3v) is 5.98. The third-order valence-electron chi connectivity index (χ3n) is 5.32. The van der Waals surface area contributed by atoms with Crippen LogP contribution in [0.1, 0.15) is 0 Å². The normalized spacial score (nSPS) is 10.8. The van der Waals surface area contributed by atoms with E-state index in [0.717, 1.165) is 21.5 Å². The van der Waals surface area contributed by atoms with Gasteiger partial charge in [-0.1, -0.05) is 94.8 Å². The van der Waals surface area contributed by atoms with Crippen molar-refractivity contribution in [2.24, 2.45) is 0 Å². The van der Waals surface area contributed by atoms with E-state index in [1.54, 1.807) is 0 Å². The highest BCUT2D eigenvalue weighted by Crippen LogP contribution is 2.37. The van der Waals surface area contributed by atoms with Crippen LogP contribution in [0, 0.1) is 0 Å². The Morgan fingerprint density at radius 3 is 1.60 bits per heavy atom. The van der Waals surface area contributed by atoms with Crippen molar-refractivity contribution in [3.63, 3.8) is 0 Å². The molecule has 5 aromatic carbocycles. The van der Waals surface area contributed by atoms with E-state index in [-0.39, 0.29) is 0 Å². The van der Waals surface area contributed by atoms with Crippen LogP contribution in [-0.2, 0) is 0 Å². The van der Waals surface area contributed by atoms with Crippen molar-refractivity contribution in [2.75, 3.05) is 4.90 Å². The number of anilines is 3. The van der Waals surface area contributed by atoms with Gasteiger partial charge >= 0.3 is 0 Å². The van der Waals surface area contributed by atoms with Crippen LogP contribution in [0.25, 0.3) is 21.9 Å². The number of fused-ring (bicyclic) bond motifs is 1. The third kappa shape index (κ3) is 3.51. The Hall–Kier alpha value is -3.36. The van der Waals surface area contributed by atoms with Gasteiger partial charge in [0, 0.05) is 26.9 Å². The lowest BCUT2D eigenvalue weighted by molar-refractivity contribution is 1.28. The van der Waals surface area contributed by atoms with Gasteiger partial charge in [0.1, 0.15) is 0 Å². The van der Waals surface area contributed by atoms with Crippen molar-refractivity contribution in [1.29, 1.82) is 0 Å². The molecule has 0 aromatic heterocycles. The summed E-state index contributed by atoms with van der Waals surface area (Å²) < 4.78 is 1.12. The van der Waals surface area contributed by atoms with Crippen molar-refractivity contribution in [2.45, 2.75) is 0 Å². The van der Waals surface area contributed by atoms with Gasteiger partial charge in [0.25, 0.3) is 0 Å². The van der Waals surface area contributed by atoms with E-state index in [2.05, 4.69) is 130 Å². The molecule has 5 aromatic rings. The quantitative estimate of drug-likeness (QED) is 0.265. The van der Waals surface area contributed by atoms with Crippen LogP contribution in [0.2, 0.25) is 0 Å². The summed E-state index contributed by atoms with van der Waals surface area (Å²) in [5.74, 6) is 0. The highest BCUT2D eigenvalue weighted by Gasteiger charge is 2.13. The summed E-state index contributed by atoms with van der Waals surface area (Å²) in [7, 11) is 0. The second-order valence-electron chi connectivity index (χ2n) is 7.20. The smallest absolute Gasteiger partial charge is 0.0462 e. The van der Waals surface area contributed by atoms with Gasteiger partial charge in [-0.05, 0) is 59.0 Å². The van der Waals surface area contributed by atoms with E-state index in [1.807, 2.05) is 12.1 Å². The molecule has 0 spiro atoms. The average Bonchev–Trinajstić information content (AvgIpc) is 2.81. The predicted octanol–water partition coefficient (Wildman–Crippen LogP) is 8.74. The summed E-state index contributed by atoms with van der Waals surface area (Å²) in [6.45, 7) is 0. The first-order chi connectivity index (χ1) is 14.8. The molecular weight excluding hydrogens is 430 g/mol. The number of halogens is 1. The molecule has 0 bridgehead atoms. The fourth-order valence-electron chi connectivity index (χ4n) is 3.93. The highest BCUT2D eigenvalue weighted by molar-refractivity contribution is 9.10. The molecule has 0 aliphatic carbocycles. The highest BCUT2D eigenvalue weighted by atomic mass is 79.9. The van der Waals surface area contributed by atoms with E-state index in [1.165, 1.54) is 21.9 Å². The van der Waals surface area contributed by atoms with Crippen LogP contribution >= 0.6 is 15.9 Å². The largest absolute Gasteiger partial charge is 0.311 e. The number of benzene rings is 5. The average molecular weight is 450 g/mol. The number of rotatable bonds is 4. The minimum atomic E-state index is 1.12. The molecule has 0 saturated carbocycles. The van der Waals surface area contributed by atoms with Gasteiger partial charge in [-0.2, -0.15) is 0 Å². The molecule has 0 N–H and O–H groups in total. The molecule has 0 amide bonds. The second-order valence-corrected chi connectivity index (χ2v) is 8.05. The van der Waals surface area contributed by atoms with Gasteiger partial charge in [-0.3, -0.25) is 0 Å². The maximum atomic E-state index is 3.74. The number of para-hydroxylation sites is 2. The number of nitrogens with zero attached hydrogens (tertiary/aromatic N) is 1. The Balaban J connectivity index is 1.61. The van der Waals surface area contributed by atoms with Crippen molar-refractivity contribution in [1.82, 2.24) is 0 Å². The molecule has 144 valence electrons. The maximum absolute atomic E-state index is 3.74. The standard InChI is InChI=1S/C28H20BrN/c29-27-16-8-10-22-9-7-15-26(28(22)27)21-17-19-25(20-18-21)30(23-11-3-1-4-12-23)24-13-5-2-6-14-24/h1-20H. The molecule has 0 atom stereocenters. The van der Waals surface area contributed by atoms with Crippen molar-refractivity contribution in [3.05, 3.63) is 126 Å². The fraction of sp³-hybridized carbons (Fsp3) is 0. The Morgan fingerprint density at radius 1 is 0.467 bits per heavy atom. The fourth-order valence-corrected chi connectivity index (χ4v) is 4.52. The van der Waals surface area contributed by atoms with E-state index in [4.69, 9.17) is 0 Å². The lowest BCUT2D eigenvalue weighted by atomic mass is 9.98. The van der Waals surface area contributed by atoms with E-state index >= 15 is 0 Å². The van der Waals surface area contributed by atoms with E-state index in [9.17, 15) is 0 Å². The summed E-state index contributed by atoms with van der Waals surface area (Å²) in [4.78, 5) is 2.28. The zero-order valence-corrected chi connectivity index (χ0v) is 18.0. The molecule has 0 fully saturated rings. The minimum Gasteiger partial charge on any atom is -0.311 e. The summed E-state index contributed by atoms with van der Waals surface area (Å²) >= 11 is 3.74. The monoisotopic (exact) mass is 449 g/mol. The molecule has 1 nitrogen and oxygen atoms in total. The summed E-state index contributed by atoms with van der Waals surface area (Å²) in [6, 6.07) is 42.6. The van der Waals surface area contributed by atoms with Crippen LogP contribution in [0.3, 0.4) is 0 Å². The Bertz CT molecular complexity index is 1230. The van der Waals surface area contributed by atoms with Gasteiger partial charge in [-0.15, -0.1) is 0 Å². The molecule has 0 unspecified atom stereocenters. The van der Waals surface area contributed by atoms with Crippen LogP contribution in [0.15, 0.2) is 126 Å². The van der Waals surface area contributed by atoms with Crippen molar-refractivity contribution in [3.8, 4) is 11.1 Å². The van der Waals surface area contributed by atoms with Gasteiger partial charge in [0.15, 0.2) is 0 Å². The van der Waals surface area contributed by atoms with Crippen molar-refractivity contribution < 1.29 is 0 Å².